The van der Waals surface area contributed by atoms with Gasteiger partial charge in [-0.2, -0.15) is 0 Å². The van der Waals surface area contributed by atoms with Crippen LogP contribution in [0.25, 0.3) is 0 Å². The lowest BCUT2D eigenvalue weighted by molar-refractivity contribution is -0.116. The second kappa shape index (κ2) is 10.5. The summed E-state index contributed by atoms with van der Waals surface area (Å²) in [6.45, 7) is 10.0. The van der Waals surface area contributed by atoms with Crippen LogP contribution >= 0.6 is 23.2 Å². The summed E-state index contributed by atoms with van der Waals surface area (Å²) >= 11 is 11.8. The van der Waals surface area contributed by atoms with Crippen molar-refractivity contribution in [2.45, 2.75) is 39.3 Å². The minimum Gasteiger partial charge on any atom is -0.444 e. The normalized spacial score (nSPS) is 15.1. The van der Waals surface area contributed by atoms with Gasteiger partial charge in [0.2, 0.25) is 5.91 Å². The fraction of sp³-hybridized carbons (Fsp3) is 0.435. The molecule has 33 heavy (non-hydrogen) atoms. The van der Waals surface area contributed by atoms with Crippen molar-refractivity contribution in [2.24, 2.45) is 0 Å². The highest BCUT2D eigenvalue weighted by atomic mass is 35.5. The van der Waals surface area contributed by atoms with E-state index >= 15 is 0 Å². The number of piperazine rings is 1. The molecule has 178 valence electrons. The summed E-state index contributed by atoms with van der Waals surface area (Å²) in [5.41, 5.74) is 1.78. The molecule has 1 aliphatic heterocycles. The van der Waals surface area contributed by atoms with E-state index in [-0.39, 0.29) is 22.3 Å². The first-order chi connectivity index (χ1) is 15.5. The van der Waals surface area contributed by atoms with Crippen LogP contribution in [0, 0.1) is 0 Å². The first kappa shape index (κ1) is 24.9. The van der Waals surface area contributed by atoms with Gasteiger partial charge in [0.05, 0.1) is 5.69 Å². The second-order valence-electron chi connectivity index (χ2n) is 8.83. The number of pyridine rings is 1. The Morgan fingerprint density at radius 3 is 2.24 bits per heavy atom. The Bertz CT molecular complexity index is 987. The van der Waals surface area contributed by atoms with Gasteiger partial charge in [0.25, 0.3) is 0 Å². The molecule has 0 bridgehead atoms. The molecule has 1 aromatic carbocycles. The zero-order valence-corrected chi connectivity index (χ0v) is 20.7. The second-order valence-corrected chi connectivity index (χ2v) is 9.57. The molecule has 0 spiro atoms. The predicted octanol–water partition coefficient (Wildman–Crippen LogP) is 4.88. The molecule has 2 amide bonds. The summed E-state index contributed by atoms with van der Waals surface area (Å²) < 4.78 is 5.45. The van der Waals surface area contributed by atoms with Gasteiger partial charge in [-0.15, -0.1) is 0 Å². The Kier molecular flexibility index (Phi) is 7.92. The molecular formula is C23H29Cl2N5O3. The number of benzene rings is 1. The average molecular weight is 494 g/mol. The molecule has 1 aliphatic rings. The number of carbonyl (C=O) groups excluding carboxylic acids is 2. The highest BCUT2D eigenvalue weighted by molar-refractivity contribution is 6.34. The molecule has 0 saturated carbocycles. The van der Waals surface area contributed by atoms with E-state index in [2.05, 4.69) is 20.5 Å². The highest BCUT2D eigenvalue weighted by Gasteiger charge is 2.26. The van der Waals surface area contributed by atoms with Crippen molar-refractivity contribution in [3.63, 3.8) is 0 Å². The zero-order chi connectivity index (χ0) is 24.2. The number of ether oxygens (including phenoxy) is 1. The maximum Gasteiger partial charge on any atom is 0.410 e. The van der Waals surface area contributed by atoms with Crippen molar-refractivity contribution in [1.29, 1.82) is 0 Å². The van der Waals surface area contributed by atoms with E-state index < -0.39 is 11.6 Å². The van der Waals surface area contributed by atoms with E-state index in [1.807, 2.05) is 45.0 Å². The fourth-order valence-corrected chi connectivity index (χ4v) is 3.70. The first-order valence-corrected chi connectivity index (χ1v) is 11.5. The minimum absolute atomic E-state index is 0.138. The number of aromatic nitrogens is 1. The number of rotatable bonds is 5. The van der Waals surface area contributed by atoms with Gasteiger partial charge in [-0.05, 0) is 64.1 Å². The number of amides is 2. The largest absolute Gasteiger partial charge is 0.444 e. The van der Waals surface area contributed by atoms with Gasteiger partial charge in [0, 0.05) is 37.6 Å². The molecular weight excluding hydrogens is 465 g/mol. The highest BCUT2D eigenvalue weighted by Crippen LogP contribution is 2.23. The summed E-state index contributed by atoms with van der Waals surface area (Å²) in [4.78, 5) is 32.6. The Labute approximate surface area is 204 Å². The molecule has 1 atom stereocenters. The van der Waals surface area contributed by atoms with Crippen LogP contribution in [0.4, 0.5) is 21.9 Å². The van der Waals surface area contributed by atoms with E-state index in [0.29, 0.717) is 18.8 Å². The summed E-state index contributed by atoms with van der Waals surface area (Å²) in [7, 11) is 0. The van der Waals surface area contributed by atoms with Gasteiger partial charge in [0.1, 0.15) is 16.8 Å². The van der Waals surface area contributed by atoms with Crippen LogP contribution in [-0.2, 0) is 9.53 Å². The van der Waals surface area contributed by atoms with Gasteiger partial charge in [-0.25, -0.2) is 9.78 Å². The molecule has 2 aromatic rings. The van der Waals surface area contributed by atoms with Crippen LogP contribution in [0.15, 0.2) is 36.4 Å². The summed E-state index contributed by atoms with van der Waals surface area (Å²) in [5, 5.41) is 6.32. The maximum absolute atomic E-state index is 12.5. The van der Waals surface area contributed by atoms with Crippen molar-refractivity contribution in [1.82, 2.24) is 9.88 Å². The lowest BCUT2D eigenvalue weighted by Gasteiger charge is -2.36. The molecule has 0 radical (unpaired) electrons. The number of halogens is 2. The van der Waals surface area contributed by atoms with E-state index in [9.17, 15) is 9.59 Å². The number of carbonyl (C=O) groups is 2. The third kappa shape index (κ3) is 7.14. The predicted molar refractivity (Wildman–Crippen MR) is 132 cm³/mol. The maximum atomic E-state index is 12.5. The number of hydrogen-bond acceptors (Lipinski definition) is 6. The van der Waals surface area contributed by atoms with Crippen molar-refractivity contribution in [3.8, 4) is 0 Å². The van der Waals surface area contributed by atoms with Crippen LogP contribution in [0.2, 0.25) is 10.3 Å². The van der Waals surface area contributed by atoms with Gasteiger partial charge in [0.15, 0.2) is 5.15 Å². The first-order valence-electron chi connectivity index (χ1n) is 10.7. The van der Waals surface area contributed by atoms with Gasteiger partial charge in [-0.1, -0.05) is 23.2 Å². The topological polar surface area (TPSA) is 86.8 Å². The summed E-state index contributed by atoms with van der Waals surface area (Å²) in [6, 6.07) is 10.5. The lowest BCUT2D eigenvalue weighted by Crippen LogP contribution is -2.50. The summed E-state index contributed by atoms with van der Waals surface area (Å²) in [6.07, 6.45) is -0.273. The fourth-order valence-electron chi connectivity index (χ4n) is 3.30. The molecule has 1 aromatic heterocycles. The third-order valence-corrected chi connectivity index (χ3v) is 5.51. The molecule has 2 N–H and O–H groups in total. The van der Waals surface area contributed by atoms with Gasteiger partial charge < -0.3 is 25.2 Å². The molecule has 1 fully saturated rings. The SMILES string of the molecule is CC(Nc1ccc(N2CCN(C(=O)OC(C)(C)C)CC2)cc1)C(=O)Nc1ccc(Cl)nc1Cl. The van der Waals surface area contributed by atoms with Crippen molar-refractivity contribution in [2.75, 3.05) is 41.7 Å². The Hall–Kier alpha value is -2.71. The van der Waals surface area contributed by atoms with Crippen LogP contribution in [-0.4, -0.2) is 59.7 Å². The Morgan fingerprint density at radius 2 is 1.67 bits per heavy atom. The molecule has 10 heteroatoms. The molecule has 2 heterocycles. The zero-order valence-electron chi connectivity index (χ0n) is 19.2. The Balaban J connectivity index is 1.51. The van der Waals surface area contributed by atoms with Crippen molar-refractivity contribution >= 4 is 52.3 Å². The van der Waals surface area contributed by atoms with Crippen LogP contribution < -0.4 is 15.5 Å². The van der Waals surface area contributed by atoms with Gasteiger partial charge >= 0.3 is 6.09 Å². The molecule has 3 rings (SSSR count). The quantitative estimate of drug-likeness (QED) is 0.576. The molecule has 8 nitrogen and oxygen atoms in total. The van der Waals surface area contributed by atoms with E-state index in [1.54, 1.807) is 24.0 Å². The lowest BCUT2D eigenvalue weighted by atomic mass is 10.2. The van der Waals surface area contributed by atoms with Gasteiger partial charge in [-0.3, -0.25) is 4.79 Å². The molecule has 1 saturated heterocycles. The smallest absolute Gasteiger partial charge is 0.410 e. The van der Waals surface area contributed by atoms with Crippen molar-refractivity contribution < 1.29 is 14.3 Å². The summed E-state index contributed by atoms with van der Waals surface area (Å²) in [5.74, 6) is -0.247. The van der Waals surface area contributed by atoms with Crippen LogP contribution in [0.1, 0.15) is 27.7 Å². The average Bonchev–Trinajstić information content (AvgIpc) is 2.75. The standard InChI is InChI=1S/C23H29Cl2N5O3/c1-15(21(31)27-18-9-10-19(24)28-20(18)25)26-16-5-7-17(8-6-16)29-11-13-30(14-12-29)22(32)33-23(2,3)4/h5-10,15,26H,11-14H2,1-4H3,(H,27,31). The number of nitrogens with zero attached hydrogens (tertiary/aromatic N) is 3. The third-order valence-electron chi connectivity index (χ3n) is 5.01. The molecule has 1 unspecified atom stereocenters. The molecule has 0 aliphatic carbocycles. The van der Waals surface area contributed by atoms with E-state index in [1.165, 1.54) is 0 Å². The van der Waals surface area contributed by atoms with Crippen LogP contribution in [0.3, 0.4) is 0 Å². The Morgan fingerprint density at radius 1 is 1.03 bits per heavy atom. The van der Waals surface area contributed by atoms with Crippen molar-refractivity contribution in [3.05, 3.63) is 46.7 Å². The van der Waals surface area contributed by atoms with E-state index in [0.717, 1.165) is 24.5 Å². The van der Waals surface area contributed by atoms with Crippen LogP contribution in [0.5, 0.6) is 0 Å². The number of nitrogens with one attached hydrogen (secondary N) is 2. The van der Waals surface area contributed by atoms with E-state index in [4.69, 9.17) is 27.9 Å². The minimum atomic E-state index is -0.500. The number of hydrogen-bond donors (Lipinski definition) is 2. The number of anilines is 3. The monoisotopic (exact) mass is 493 g/mol.